The van der Waals surface area contributed by atoms with E-state index in [0.717, 1.165) is 19.3 Å². The number of carbonyl (C=O) groups is 1. The number of methoxy groups -OCH3 is 1. The Labute approximate surface area is 174 Å². The minimum absolute atomic E-state index is 0.204. The number of hydrogen-bond donors (Lipinski definition) is 0. The molecule has 0 aliphatic carbocycles. The quantitative estimate of drug-likeness (QED) is 0.0906. The van der Waals surface area contributed by atoms with Crippen LogP contribution < -0.4 is 0 Å². The molecule has 0 aliphatic heterocycles. The van der Waals surface area contributed by atoms with E-state index in [-0.39, 0.29) is 12.1 Å². The van der Waals surface area contributed by atoms with Gasteiger partial charge in [0.1, 0.15) is 6.79 Å². The second kappa shape index (κ2) is 22.4. The number of ether oxygens (including phenoxy) is 3. The molecule has 0 aromatic carbocycles. The number of rotatable bonds is 21. The Morgan fingerprint density at radius 3 is 1.93 bits per heavy atom. The van der Waals surface area contributed by atoms with Crippen molar-refractivity contribution >= 4 is 5.97 Å². The van der Waals surface area contributed by atoms with Gasteiger partial charge in [0, 0.05) is 13.2 Å². The fraction of sp³-hybridized carbons (Fsp3) is 0.875. The molecule has 0 aromatic heterocycles. The van der Waals surface area contributed by atoms with E-state index in [0.29, 0.717) is 13.4 Å². The van der Waals surface area contributed by atoms with Gasteiger partial charge < -0.3 is 14.2 Å². The summed E-state index contributed by atoms with van der Waals surface area (Å²) in [4.78, 5) is 11.3. The highest BCUT2D eigenvalue weighted by molar-refractivity contribution is 5.81. The van der Waals surface area contributed by atoms with Gasteiger partial charge in [-0.2, -0.15) is 0 Å². The van der Waals surface area contributed by atoms with Crippen LogP contribution in [-0.4, -0.2) is 32.6 Å². The summed E-state index contributed by atoms with van der Waals surface area (Å²) in [5, 5.41) is 0. The molecule has 0 spiro atoms. The number of esters is 1. The van der Waals surface area contributed by atoms with Crippen LogP contribution in [0.4, 0.5) is 0 Å². The maximum atomic E-state index is 11.3. The predicted octanol–water partition coefficient (Wildman–Crippen LogP) is 6.97. The largest absolute Gasteiger partial charge is 0.463 e. The lowest BCUT2D eigenvalue weighted by Gasteiger charge is -2.16. The minimum atomic E-state index is -0.266. The number of allylic oxidation sites excluding steroid dienone is 1. The van der Waals surface area contributed by atoms with E-state index in [1.807, 2.05) is 13.0 Å². The molecular weight excluding hydrogens is 352 g/mol. The van der Waals surface area contributed by atoms with Crippen molar-refractivity contribution in [2.75, 3.05) is 20.5 Å². The van der Waals surface area contributed by atoms with Crippen molar-refractivity contribution in [3.05, 3.63) is 12.2 Å². The molecule has 0 N–H and O–H groups in total. The molecule has 166 valence electrons. The van der Waals surface area contributed by atoms with Crippen molar-refractivity contribution in [2.24, 2.45) is 0 Å². The van der Waals surface area contributed by atoms with Gasteiger partial charge in [-0.05, 0) is 26.2 Å². The Hall–Kier alpha value is -0.870. The Bertz CT molecular complexity index is 355. The Kier molecular flexibility index (Phi) is 21.7. The molecule has 0 saturated carbocycles. The summed E-state index contributed by atoms with van der Waals surface area (Å²) in [6.45, 7) is 4.84. The van der Waals surface area contributed by atoms with Crippen molar-refractivity contribution in [1.29, 1.82) is 0 Å². The molecule has 28 heavy (non-hydrogen) atoms. The van der Waals surface area contributed by atoms with Crippen molar-refractivity contribution < 1.29 is 19.0 Å². The van der Waals surface area contributed by atoms with Gasteiger partial charge in [-0.3, -0.25) is 0 Å². The summed E-state index contributed by atoms with van der Waals surface area (Å²) >= 11 is 0. The first kappa shape index (κ1) is 27.1. The zero-order valence-corrected chi connectivity index (χ0v) is 18.9. The SMILES string of the molecule is CCCCCCCCCCCCCC[C@@H](CC/C=C/C(=O)OCC)OCOC. The molecule has 4 nitrogen and oxygen atoms in total. The maximum Gasteiger partial charge on any atom is 0.330 e. The van der Waals surface area contributed by atoms with E-state index in [9.17, 15) is 4.79 Å². The summed E-state index contributed by atoms with van der Waals surface area (Å²) in [6, 6.07) is 0. The number of unbranched alkanes of at least 4 members (excludes halogenated alkanes) is 11. The third kappa shape index (κ3) is 19.9. The molecule has 0 bridgehead atoms. The summed E-state index contributed by atoms with van der Waals surface area (Å²) < 4.78 is 15.7. The molecule has 0 radical (unpaired) electrons. The molecule has 0 saturated heterocycles. The highest BCUT2D eigenvalue weighted by atomic mass is 16.7. The highest BCUT2D eigenvalue weighted by Crippen LogP contribution is 2.16. The normalized spacial score (nSPS) is 12.5. The molecule has 0 unspecified atom stereocenters. The molecule has 0 amide bonds. The van der Waals surface area contributed by atoms with Crippen LogP contribution in [0.2, 0.25) is 0 Å². The zero-order chi connectivity index (χ0) is 20.7. The Morgan fingerprint density at radius 2 is 1.39 bits per heavy atom. The maximum absolute atomic E-state index is 11.3. The summed E-state index contributed by atoms with van der Waals surface area (Å²) in [5.41, 5.74) is 0. The molecule has 0 aromatic rings. The molecule has 1 atom stereocenters. The first-order valence-corrected chi connectivity index (χ1v) is 11.7. The van der Waals surface area contributed by atoms with Crippen molar-refractivity contribution in [3.8, 4) is 0 Å². The van der Waals surface area contributed by atoms with Crippen LogP contribution in [0.5, 0.6) is 0 Å². The molecule has 0 heterocycles. The first-order valence-electron chi connectivity index (χ1n) is 11.7. The molecule has 0 rings (SSSR count). The van der Waals surface area contributed by atoms with E-state index >= 15 is 0 Å². The van der Waals surface area contributed by atoms with Crippen LogP contribution in [0.25, 0.3) is 0 Å². The molecule has 0 aliphatic rings. The van der Waals surface area contributed by atoms with Crippen LogP contribution in [0, 0.1) is 0 Å². The van der Waals surface area contributed by atoms with Crippen LogP contribution in [-0.2, 0) is 19.0 Å². The van der Waals surface area contributed by atoms with Gasteiger partial charge in [0.15, 0.2) is 0 Å². The van der Waals surface area contributed by atoms with Gasteiger partial charge in [-0.25, -0.2) is 4.79 Å². The second-order valence-corrected chi connectivity index (χ2v) is 7.60. The lowest BCUT2D eigenvalue weighted by molar-refractivity contribution is -0.137. The van der Waals surface area contributed by atoms with E-state index < -0.39 is 0 Å². The van der Waals surface area contributed by atoms with Crippen molar-refractivity contribution in [3.63, 3.8) is 0 Å². The molecular formula is C24H46O4. The number of hydrogen-bond acceptors (Lipinski definition) is 4. The number of carbonyl (C=O) groups excluding carboxylic acids is 1. The average molecular weight is 399 g/mol. The lowest BCUT2D eigenvalue weighted by Crippen LogP contribution is -2.14. The molecule has 4 heteroatoms. The van der Waals surface area contributed by atoms with Crippen LogP contribution in [0.3, 0.4) is 0 Å². The van der Waals surface area contributed by atoms with E-state index in [1.165, 1.54) is 83.1 Å². The van der Waals surface area contributed by atoms with E-state index in [2.05, 4.69) is 6.92 Å². The second-order valence-electron chi connectivity index (χ2n) is 7.60. The zero-order valence-electron chi connectivity index (χ0n) is 18.9. The monoisotopic (exact) mass is 398 g/mol. The van der Waals surface area contributed by atoms with Gasteiger partial charge >= 0.3 is 5.97 Å². The summed E-state index contributed by atoms with van der Waals surface area (Å²) in [5.74, 6) is -0.266. The van der Waals surface area contributed by atoms with Crippen LogP contribution in [0.1, 0.15) is 110 Å². The topological polar surface area (TPSA) is 44.8 Å². The van der Waals surface area contributed by atoms with Crippen molar-refractivity contribution in [2.45, 2.75) is 116 Å². The van der Waals surface area contributed by atoms with E-state index in [4.69, 9.17) is 14.2 Å². The summed E-state index contributed by atoms with van der Waals surface area (Å²) in [6.07, 6.45) is 22.8. The summed E-state index contributed by atoms with van der Waals surface area (Å²) in [7, 11) is 1.65. The third-order valence-corrected chi connectivity index (χ3v) is 5.00. The van der Waals surface area contributed by atoms with Gasteiger partial charge in [0.05, 0.1) is 12.7 Å². The lowest BCUT2D eigenvalue weighted by atomic mass is 10.0. The fourth-order valence-corrected chi connectivity index (χ4v) is 3.34. The van der Waals surface area contributed by atoms with E-state index in [1.54, 1.807) is 7.11 Å². The third-order valence-electron chi connectivity index (χ3n) is 5.00. The predicted molar refractivity (Wildman–Crippen MR) is 117 cm³/mol. The smallest absolute Gasteiger partial charge is 0.330 e. The first-order chi connectivity index (χ1) is 13.7. The highest BCUT2D eigenvalue weighted by Gasteiger charge is 2.08. The van der Waals surface area contributed by atoms with Gasteiger partial charge in [-0.1, -0.05) is 90.0 Å². The van der Waals surface area contributed by atoms with Gasteiger partial charge in [0.2, 0.25) is 0 Å². The standard InChI is InChI=1S/C24H46O4/c1-4-6-7-8-9-10-11-12-13-14-15-16-19-23(28-22-26-3)20-17-18-21-24(25)27-5-2/h18,21,23H,4-17,19-20,22H2,1-3H3/b21-18+/t23-/m0/s1. The minimum Gasteiger partial charge on any atom is -0.463 e. The van der Waals surface area contributed by atoms with Gasteiger partial charge in [-0.15, -0.1) is 0 Å². The van der Waals surface area contributed by atoms with Crippen LogP contribution >= 0.6 is 0 Å². The fourth-order valence-electron chi connectivity index (χ4n) is 3.34. The Morgan fingerprint density at radius 1 is 0.821 bits per heavy atom. The van der Waals surface area contributed by atoms with Crippen LogP contribution in [0.15, 0.2) is 12.2 Å². The average Bonchev–Trinajstić information content (AvgIpc) is 2.69. The van der Waals surface area contributed by atoms with Crippen molar-refractivity contribution in [1.82, 2.24) is 0 Å². The van der Waals surface area contributed by atoms with Gasteiger partial charge in [0.25, 0.3) is 0 Å². The molecule has 0 fully saturated rings. The Balaban J connectivity index is 3.65.